The predicted molar refractivity (Wildman–Crippen MR) is 64.7 cm³/mol. The van der Waals surface area contributed by atoms with Crippen LogP contribution < -0.4 is 5.32 Å². The highest BCUT2D eigenvalue weighted by atomic mass is 19.1. The fourth-order valence-electron chi connectivity index (χ4n) is 2.46. The van der Waals surface area contributed by atoms with E-state index in [0.717, 1.165) is 24.6 Å². The zero-order chi connectivity index (χ0) is 11.2. The smallest absolute Gasteiger partial charge is 0.123 e. The number of halogens is 1. The second kappa shape index (κ2) is 6.00. The first kappa shape index (κ1) is 11.6. The largest absolute Gasteiger partial charge is 0.312 e. The number of nitrogens with one attached hydrogen (secondary N) is 1. The van der Waals surface area contributed by atoms with Crippen molar-refractivity contribution in [3.8, 4) is 0 Å². The number of rotatable bonds is 4. The highest BCUT2D eigenvalue weighted by Crippen LogP contribution is 2.22. The van der Waals surface area contributed by atoms with Crippen LogP contribution in [0, 0.1) is 11.7 Å². The molecule has 1 aliphatic rings. The molecule has 2 heteroatoms. The van der Waals surface area contributed by atoms with E-state index in [1.165, 1.54) is 38.2 Å². The minimum Gasteiger partial charge on any atom is -0.312 e. The van der Waals surface area contributed by atoms with Gasteiger partial charge in [0.05, 0.1) is 0 Å². The van der Waals surface area contributed by atoms with E-state index in [1.807, 2.05) is 6.07 Å². The summed E-state index contributed by atoms with van der Waals surface area (Å²) in [7, 11) is 0. The molecule has 0 aromatic heterocycles. The Hall–Kier alpha value is -0.890. The average molecular weight is 221 g/mol. The zero-order valence-electron chi connectivity index (χ0n) is 9.71. The Morgan fingerprint density at radius 3 is 2.75 bits per heavy atom. The third-order valence-electron chi connectivity index (χ3n) is 3.38. The van der Waals surface area contributed by atoms with Crippen molar-refractivity contribution in [3.63, 3.8) is 0 Å². The summed E-state index contributed by atoms with van der Waals surface area (Å²) in [5.41, 5.74) is 1.04. The van der Waals surface area contributed by atoms with Crippen LogP contribution in [0.4, 0.5) is 4.39 Å². The van der Waals surface area contributed by atoms with Gasteiger partial charge in [-0.1, -0.05) is 31.4 Å². The molecule has 1 aromatic carbocycles. The van der Waals surface area contributed by atoms with E-state index in [9.17, 15) is 4.39 Å². The van der Waals surface area contributed by atoms with Gasteiger partial charge in [0.25, 0.3) is 0 Å². The van der Waals surface area contributed by atoms with Crippen LogP contribution in [0.5, 0.6) is 0 Å². The van der Waals surface area contributed by atoms with Crippen LogP contribution in [0.1, 0.15) is 37.7 Å². The van der Waals surface area contributed by atoms with Crippen LogP contribution in [0.2, 0.25) is 0 Å². The molecule has 0 bridgehead atoms. The molecule has 1 N–H and O–H groups in total. The lowest BCUT2D eigenvalue weighted by molar-refractivity contribution is 0.342. The SMILES string of the molecule is Fc1cccc(CNCC2CCCCC2)c1. The first-order valence-corrected chi connectivity index (χ1v) is 6.30. The lowest BCUT2D eigenvalue weighted by Crippen LogP contribution is -2.24. The molecule has 0 aliphatic heterocycles. The molecular weight excluding hydrogens is 201 g/mol. The fourth-order valence-corrected chi connectivity index (χ4v) is 2.46. The van der Waals surface area contributed by atoms with Crippen LogP contribution >= 0.6 is 0 Å². The highest BCUT2D eigenvalue weighted by Gasteiger charge is 2.12. The van der Waals surface area contributed by atoms with Gasteiger partial charge in [-0.15, -0.1) is 0 Å². The first-order valence-electron chi connectivity index (χ1n) is 6.30. The normalized spacial score (nSPS) is 17.6. The molecule has 1 nitrogen and oxygen atoms in total. The second-order valence-electron chi connectivity index (χ2n) is 4.76. The summed E-state index contributed by atoms with van der Waals surface area (Å²) in [6.07, 6.45) is 6.88. The second-order valence-corrected chi connectivity index (χ2v) is 4.76. The van der Waals surface area contributed by atoms with E-state index in [-0.39, 0.29) is 5.82 Å². The van der Waals surface area contributed by atoms with Crippen LogP contribution in [0.25, 0.3) is 0 Å². The molecule has 2 rings (SSSR count). The molecule has 0 atom stereocenters. The molecule has 1 saturated carbocycles. The summed E-state index contributed by atoms with van der Waals surface area (Å²) >= 11 is 0. The Bertz CT molecular complexity index is 318. The van der Waals surface area contributed by atoms with E-state index >= 15 is 0 Å². The molecule has 0 radical (unpaired) electrons. The van der Waals surface area contributed by atoms with Crippen molar-refractivity contribution in [1.29, 1.82) is 0 Å². The zero-order valence-corrected chi connectivity index (χ0v) is 9.71. The van der Waals surface area contributed by atoms with Crippen LogP contribution in [0.3, 0.4) is 0 Å². The Balaban J connectivity index is 1.71. The maximum atomic E-state index is 12.9. The van der Waals surface area contributed by atoms with Gasteiger partial charge >= 0.3 is 0 Å². The van der Waals surface area contributed by atoms with Crippen molar-refractivity contribution in [2.75, 3.05) is 6.54 Å². The van der Waals surface area contributed by atoms with Crippen molar-refractivity contribution in [3.05, 3.63) is 35.6 Å². The fraction of sp³-hybridized carbons (Fsp3) is 0.571. The minimum absolute atomic E-state index is 0.142. The molecule has 88 valence electrons. The molecule has 0 unspecified atom stereocenters. The van der Waals surface area contributed by atoms with Crippen LogP contribution in [-0.2, 0) is 6.54 Å². The van der Waals surface area contributed by atoms with E-state index in [0.29, 0.717) is 0 Å². The molecule has 0 saturated heterocycles. The molecular formula is C14H20FN. The van der Waals surface area contributed by atoms with Crippen molar-refractivity contribution in [1.82, 2.24) is 5.32 Å². The Labute approximate surface area is 97.1 Å². The minimum atomic E-state index is -0.142. The molecule has 0 heterocycles. The molecule has 0 amide bonds. The van der Waals surface area contributed by atoms with Crippen molar-refractivity contribution >= 4 is 0 Å². The van der Waals surface area contributed by atoms with Gasteiger partial charge in [-0.2, -0.15) is 0 Å². The monoisotopic (exact) mass is 221 g/mol. The summed E-state index contributed by atoms with van der Waals surface area (Å²) in [5, 5.41) is 3.43. The Morgan fingerprint density at radius 2 is 2.00 bits per heavy atom. The van der Waals surface area contributed by atoms with Gasteiger partial charge in [0.15, 0.2) is 0 Å². The van der Waals surface area contributed by atoms with Crippen molar-refractivity contribution in [2.24, 2.45) is 5.92 Å². The third kappa shape index (κ3) is 3.60. The maximum Gasteiger partial charge on any atom is 0.123 e. The van der Waals surface area contributed by atoms with Gasteiger partial charge in [0, 0.05) is 6.54 Å². The molecule has 1 aliphatic carbocycles. The number of benzene rings is 1. The van der Waals surface area contributed by atoms with E-state index in [1.54, 1.807) is 12.1 Å². The number of hydrogen-bond acceptors (Lipinski definition) is 1. The van der Waals surface area contributed by atoms with Crippen LogP contribution in [0.15, 0.2) is 24.3 Å². The van der Waals surface area contributed by atoms with E-state index in [4.69, 9.17) is 0 Å². The first-order chi connectivity index (χ1) is 7.84. The van der Waals surface area contributed by atoms with Crippen molar-refractivity contribution < 1.29 is 4.39 Å². The van der Waals surface area contributed by atoms with Gasteiger partial charge in [-0.3, -0.25) is 0 Å². The summed E-state index contributed by atoms with van der Waals surface area (Å²) in [6.45, 7) is 1.87. The summed E-state index contributed by atoms with van der Waals surface area (Å²) < 4.78 is 12.9. The standard InChI is InChI=1S/C14H20FN/c15-14-8-4-7-13(9-14)11-16-10-12-5-2-1-3-6-12/h4,7-9,12,16H,1-3,5-6,10-11H2. The summed E-state index contributed by atoms with van der Waals surface area (Å²) in [4.78, 5) is 0. The Morgan fingerprint density at radius 1 is 1.19 bits per heavy atom. The molecule has 16 heavy (non-hydrogen) atoms. The quantitative estimate of drug-likeness (QED) is 0.820. The average Bonchev–Trinajstić information content (AvgIpc) is 2.30. The lowest BCUT2D eigenvalue weighted by Gasteiger charge is -2.21. The third-order valence-corrected chi connectivity index (χ3v) is 3.38. The maximum absolute atomic E-state index is 12.9. The van der Waals surface area contributed by atoms with E-state index in [2.05, 4.69) is 5.32 Å². The molecule has 1 fully saturated rings. The lowest BCUT2D eigenvalue weighted by atomic mass is 9.89. The summed E-state index contributed by atoms with van der Waals surface area (Å²) in [6, 6.07) is 6.84. The van der Waals surface area contributed by atoms with Gasteiger partial charge in [-0.05, 0) is 43.0 Å². The topological polar surface area (TPSA) is 12.0 Å². The molecule has 0 spiro atoms. The van der Waals surface area contributed by atoms with Gasteiger partial charge in [0.1, 0.15) is 5.82 Å². The van der Waals surface area contributed by atoms with Crippen LogP contribution in [-0.4, -0.2) is 6.54 Å². The molecule has 1 aromatic rings. The van der Waals surface area contributed by atoms with Gasteiger partial charge in [-0.25, -0.2) is 4.39 Å². The number of hydrogen-bond donors (Lipinski definition) is 1. The van der Waals surface area contributed by atoms with Crippen molar-refractivity contribution in [2.45, 2.75) is 38.6 Å². The summed E-state index contributed by atoms with van der Waals surface area (Å²) in [5.74, 6) is 0.694. The Kier molecular flexibility index (Phi) is 4.34. The van der Waals surface area contributed by atoms with Gasteiger partial charge < -0.3 is 5.32 Å². The predicted octanol–water partition coefficient (Wildman–Crippen LogP) is 3.50. The van der Waals surface area contributed by atoms with Gasteiger partial charge in [0.2, 0.25) is 0 Å². The highest BCUT2D eigenvalue weighted by molar-refractivity contribution is 5.15. The van der Waals surface area contributed by atoms with E-state index < -0.39 is 0 Å².